The third-order valence-corrected chi connectivity index (χ3v) is 4.91. The standard InChI is InChI=1S/C17H24N2O2/c1-3-12-7-5-4-6-10-19(12)13-8-9-14-15(11-13)18(2)17(21)16(14)20/h8-9,11-12,16,20H,3-7,10H2,1-2H3. The number of carbonyl (C=O) groups is 1. The lowest BCUT2D eigenvalue weighted by molar-refractivity contribution is -0.125. The summed E-state index contributed by atoms with van der Waals surface area (Å²) in [6.07, 6.45) is 5.22. The van der Waals surface area contributed by atoms with Crippen LogP contribution in [0.4, 0.5) is 11.4 Å². The molecule has 2 aliphatic rings. The Morgan fingerprint density at radius 1 is 1.29 bits per heavy atom. The van der Waals surface area contributed by atoms with Gasteiger partial charge in [-0.2, -0.15) is 0 Å². The zero-order valence-corrected chi connectivity index (χ0v) is 12.9. The average molecular weight is 288 g/mol. The van der Waals surface area contributed by atoms with E-state index in [1.807, 2.05) is 6.07 Å². The van der Waals surface area contributed by atoms with Crippen LogP contribution in [0.15, 0.2) is 18.2 Å². The van der Waals surface area contributed by atoms with Crippen LogP contribution in [0.5, 0.6) is 0 Å². The van der Waals surface area contributed by atoms with Gasteiger partial charge < -0.3 is 14.9 Å². The van der Waals surface area contributed by atoms with Crippen LogP contribution in [0.2, 0.25) is 0 Å². The highest BCUT2D eigenvalue weighted by Gasteiger charge is 2.34. The van der Waals surface area contributed by atoms with Gasteiger partial charge in [0.2, 0.25) is 0 Å². The van der Waals surface area contributed by atoms with Gasteiger partial charge in [0, 0.05) is 30.9 Å². The summed E-state index contributed by atoms with van der Waals surface area (Å²) in [5, 5.41) is 9.96. The van der Waals surface area contributed by atoms with E-state index in [9.17, 15) is 9.90 Å². The second kappa shape index (κ2) is 5.68. The summed E-state index contributed by atoms with van der Waals surface area (Å²) in [4.78, 5) is 15.9. The molecule has 0 saturated carbocycles. The predicted octanol–water partition coefficient (Wildman–Crippen LogP) is 2.86. The monoisotopic (exact) mass is 288 g/mol. The first-order chi connectivity index (χ1) is 10.1. The van der Waals surface area contributed by atoms with Crippen molar-refractivity contribution >= 4 is 17.3 Å². The summed E-state index contributed by atoms with van der Waals surface area (Å²) in [7, 11) is 1.74. The Bertz CT molecular complexity index is 544. The van der Waals surface area contributed by atoms with Crippen molar-refractivity contribution in [2.45, 2.75) is 51.2 Å². The Hall–Kier alpha value is -1.55. The molecule has 1 saturated heterocycles. The van der Waals surface area contributed by atoms with Crippen LogP contribution in [-0.4, -0.2) is 30.6 Å². The number of rotatable bonds is 2. The van der Waals surface area contributed by atoms with Gasteiger partial charge in [0.25, 0.3) is 5.91 Å². The number of likely N-dealkylation sites (N-methyl/N-ethyl adjacent to an activating group) is 1. The Kier molecular flexibility index (Phi) is 3.89. The minimum Gasteiger partial charge on any atom is -0.378 e. The van der Waals surface area contributed by atoms with Crippen molar-refractivity contribution in [1.29, 1.82) is 0 Å². The molecule has 0 aromatic heterocycles. The van der Waals surface area contributed by atoms with E-state index in [4.69, 9.17) is 0 Å². The average Bonchev–Trinajstić information content (AvgIpc) is 2.70. The van der Waals surface area contributed by atoms with Crippen molar-refractivity contribution in [3.8, 4) is 0 Å². The molecular formula is C17H24N2O2. The van der Waals surface area contributed by atoms with Crippen molar-refractivity contribution in [2.24, 2.45) is 0 Å². The van der Waals surface area contributed by atoms with E-state index >= 15 is 0 Å². The molecule has 2 heterocycles. The van der Waals surface area contributed by atoms with Gasteiger partial charge in [-0.15, -0.1) is 0 Å². The van der Waals surface area contributed by atoms with Crippen LogP contribution in [0.3, 0.4) is 0 Å². The molecule has 114 valence electrons. The SMILES string of the molecule is CCC1CCCCCN1c1ccc2c(c1)N(C)C(=O)C2O. The highest BCUT2D eigenvalue weighted by atomic mass is 16.3. The van der Waals surface area contributed by atoms with Crippen molar-refractivity contribution in [2.75, 3.05) is 23.4 Å². The summed E-state index contributed by atoms with van der Waals surface area (Å²) in [6, 6.07) is 6.62. The first-order valence-electron chi connectivity index (χ1n) is 7.99. The molecule has 2 atom stereocenters. The third kappa shape index (κ3) is 2.42. The van der Waals surface area contributed by atoms with Crippen molar-refractivity contribution in [3.05, 3.63) is 23.8 Å². The van der Waals surface area contributed by atoms with Crippen molar-refractivity contribution in [3.63, 3.8) is 0 Å². The smallest absolute Gasteiger partial charge is 0.260 e. The third-order valence-electron chi connectivity index (χ3n) is 4.91. The lowest BCUT2D eigenvalue weighted by atomic mass is 10.1. The zero-order valence-electron chi connectivity index (χ0n) is 12.9. The highest BCUT2D eigenvalue weighted by molar-refractivity contribution is 6.03. The Labute approximate surface area is 126 Å². The van der Waals surface area contributed by atoms with Crippen LogP contribution in [-0.2, 0) is 4.79 Å². The molecule has 1 fully saturated rings. The van der Waals surface area contributed by atoms with Gasteiger partial charge in [0.15, 0.2) is 6.10 Å². The van der Waals surface area contributed by atoms with Gasteiger partial charge in [-0.05, 0) is 31.4 Å². The van der Waals surface area contributed by atoms with Crippen LogP contribution in [0.25, 0.3) is 0 Å². The normalized spacial score (nSPS) is 26.0. The number of amides is 1. The predicted molar refractivity (Wildman–Crippen MR) is 84.7 cm³/mol. The summed E-state index contributed by atoms with van der Waals surface area (Å²) in [5.41, 5.74) is 2.76. The molecule has 0 aliphatic carbocycles. The highest BCUT2D eigenvalue weighted by Crippen LogP contribution is 2.38. The fourth-order valence-electron chi connectivity index (χ4n) is 3.61. The van der Waals surface area contributed by atoms with Gasteiger partial charge in [-0.25, -0.2) is 0 Å². The number of carbonyl (C=O) groups excluding carboxylic acids is 1. The van der Waals surface area contributed by atoms with Gasteiger partial charge >= 0.3 is 0 Å². The lowest BCUT2D eigenvalue weighted by Gasteiger charge is -2.32. The number of fused-ring (bicyclic) bond motifs is 1. The van der Waals surface area contributed by atoms with Crippen molar-refractivity contribution < 1.29 is 9.90 Å². The topological polar surface area (TPSA) is 43.8 Å². The minimum atomic E-state index is -0.995. The van der Waals surface area contributed by atoms with E-state index in [2.05, 4.69) is 24.0 Å². The van der Waals surface area contributed by atoms with E-state index in [0.717, 1.165) is 24.2 Å². The molecule has 4 heteroatoms. The number of nitrogens with zero attached hydrogens (tertiary/aromatic N) is 2. The molecule has 1 N–H and O–H groups in total. The molecule has 0 spiro atoms. The van der Waals surface area contributed by atoms with Crippen LogP contribution < -0.4 is 9.80 Å². The summed E-state index contributed by atoms with van der Waals surface area (Å²) >= 11 is 0. The second-order valence-electron chi connectivity index (χ2n) is 6.15. The number of hydrogen-bond acceptors (Lipinski definition) is 3. The molecule has 1 aromatic rings. The molecule has 2 unspecified atom stereocenters. The number of aliphatic hydroxyl groups excluding tert-OH is 1. The Balaban J connectivity index is 1.95. The van der Waals surface area contributed by atoms with E-state index in [0.29, 0.717) is 6.04 Å². The Morgan fingerprint density at radius 2 is 2.10 bits per heavy atom. The van der Waals surface area contributed by atoms with Crippen LogP contribution >= 0.6 is 0 Å². The fraction of sp³-hybridized carbons (Fsp3) is 0.588. The minimum absolute atomic E-state index is 0.231. The van der Waals surface area contributed by atoms with E-state index in [1.165, 1.54) is 31.4 Å². The largest absolute Gasteiger partial charge is 0.378 e. The van der Waals surface area contributed by atoms with Gasteiger partial charge in [-0.3, -0.25) is 4.79 Å². The number of benzene rings is 1. The summed E-state index contributed by atoms with van der Waals surface area (Å²) in [6.45, 7) is 3.33. The maximum absolute atomic E-state index is 11.9. The lowest BCUT2D eigenvalue weighted by Crippen LogP contribution is -2.34. The summed E-state index contributed by atoms with van der Waals surface area (Å²) in [5.74, 6) is -0.231. The van der Waals surface area contributed by atoms with Crippen LogP contribution in [0, 0.1) is 0 Å². The zero-order chi connectivity index (χ0) is 15.0. The van der Waals surface area contributed by atoms with Crippen molar-refractivity contribution in [1.82, 2.24) is 0 Å². The van der Waals surface area contributed by atoms with Crippen LogP contribution in [0.1, 0.15) is 50.7 Å². The molecule has 21 heavy (non-hydrogen) atoms. The molecule has 4 nitrogen and oxygen atoms in total. The van der Waals surface area contributed by atoms with E-state index in [1.54, 1.807) is 11.9 Å². The van der Waals surface area contributed by atoms with Gasteiger partial charge in [0.05, 0.1) is 5.69 Å². The first-order valence-corrected chi connectivity index (χ1v) is 7.99. The number of hydrogen-bond donors (Lipinski definition) is 1. The maximum atomic E-state index is 11.9. The van der Waals surface area contributed by atoms with Gasteiger partial charge in [-0.1, -0.05) is 25.8 Å². The van der Waals surface area contributed by atoms with E-state index < -0.39 is 6.10 Å². The number of anilines is 2. The second-order valence-corrected chi connectivity index (χ2v) is 6.15. The molecule has 3 rings (SSSR count). The van der Waals surface area contributed by atoms with E-state index in [-0.39, 0.29) is 5.91 Å². The molecular weight excluding hydrogens is 264 g/mol. The number of aliphatic hydroxyl groups is 1. The first kappa shape index (κ1) is 14.4. The summed E-state index contributed by atoms with van der Waals surface area (Å²) < 4.78 is 0. The molecule has 0 bridgehead atoms. The fourth-order valence-corrected chi connectivity index (χ4v) is 3.61. The quantitative estimate of drug-likeness (QED) is 0.910. The molecule has 2 aliphatic heterocycles. The molecule has 0 radical (unpaired) electrons. The molecule has 1 aromatic carbocycles. The Morgan fingerprint density at radius 3 is 2.86 bits per heavy atom. The maximum Gasteiger partial charge on any atom is 0.260 e. The van der Waals surface area contributed by atoms with Gasteiger partial charge in [0.1, 0.15) is 0 Å². The molecule has 1 amide bonds.